The van der Waals surface area contributed by atoms with Crippen LogP contribution in [0.3, 0.4) is 0 Å². The molecule has 0 saturated carbocycles. The number of benzene rings is 1. The first-order valence-electron chi connectivity index (χ1n) is 11.0. The molecule has 4 rings (SSSR count). The van der Waals surface area contributed by atoms with Crippen molar-refractivity contribution in [2.24, 2.45) is 0 Å². The molecule has 0 N–H and O–H groups in total. The number of hydrogen-bond donors (Lipinski definition) is 0. The quantitative estimate of drug-likeness (QED) is 0.339. The summed E-state index contributed by atoms with van der Waals surface area (Å²) in [7, 11) is 0. The van der Waals surface area contributed by atoms with E-state index in [1.165, 1.54) is 0 Å². The molecule has 0 saturated heterocycles. The highest BCUT2D eigenvalue weighted by atomic mass is 16.5. The maximum absolute atomic E-state index is 12.4. The van der Waals surface area contributed by atoms with E-state index in [4.69, 9.17) is 18.7 Å². The van der Waals surface area contributed by atoms with Crippen molar-refractivity contribution in [2.75, 3.05) is 19.8 Å². The van der Waals surface area contributed by atoms with Gasteiger partial charge in [-0.15, -0.1) is 0 Å². The number of carbonyl (C=O) groups excluding carboxylic acids is 1. The molecule has 0 unspecified atom stereocenters. The second kappa shape index (κ2) is 9.36. The molecule has 0 atom stereocenters. The van der Waals surface area contributed by atoms with Gasteiger partial charge in [0.05, 0.1) is 42.1 Å². The molecule has 172 valence electrons. The van der Waals surface area contributed by atoms with Crippen molar-refractivity contribution in [1.82, 2.24) is 14.7 Å². The molecule has 33 heavy (non-hydrogen) atoms. The number of hydrogen-bond acceptors (Lipinski definition) is 7. The minimum atomic E-state index is -0.425. The van der Waals surface area contributed by atoms with Gasteiger partial charge in [0, 0.05) is 23.5 Å². The van der Waals surface area contributed by atoms with Gasteiger partial charge in [-0.2, -0.15) is 0 Å². The van der Waals surface area contributed by atoms with Crippen LogP contribution in [0.5, 0.6) is 11.5 Å². The fourth-order valence-corrected chi connectivity index (χ4v) is 3.92. The largest absolute Gasteiger partial charge is 0.492 e. The summed E-state index contributed by atoms with van der Waals surface area (Å²) in [5, 5.41) is 4.07. The molecule has 3 aromatic heterocycles. The van der Waals surface area contributed by atoms with Crippen molar-refractivity contribution in [3.63, 3.8) is 0 Å². The number of pyridine rings is 1. The van der Waals surface area contributed by atoms with Crippen LogP contribution < -0.4 is 9.47 Å². The average molecular weight is 450 g/mol. The maximum atomic E-state index is 12.4. The Labute approximate surface area is 192 Å². The zero-order valence-corrected chi connectivity index (χ0v) is 19.5. The lowest BCUT2D eigenvalue weighted by Gasteiger charge is -2.18. The lowest BCUT2D eigenvalue weighted by molar-refractivity contribution is 0.0525. The summed E-state index contributed by atoms with van der Waals surface area (Å²) in [5.41, 5.74) is 5.36. The van der Waals surface area contributed by atoms with E-state index in [1.807, 2.05) is 56.8 Å². The van der Waals surface area contributed by atoms with Gasteiger partial charge in [0.1, 0.15) is 22.9 Å². The number of rotatable bonds is 8. The first-order chi connectivity index (χ1) is 16.0. The molecule has 0 radical (unpaired) electrons. The van der Waals surface area contributed by atoms with Gasteiger partial charge >= 0.3 is 5.97 Å². The molecule has 0 amide bonds. The third kappa shape index (κ3) is 4.16. The van der Waals surface area contributed by atoms with Crippen molar-refractivity contribution in [1.29, 1.82) is 0 Å². The predicted molar refractivity (Wildman–Crippen MR) is 124 cm³/mol. The number of carbonyl (C=O) groups is 1. The first kappa shape index (κ1) is 22.4. The molecule has 8 heteroatoms. The molecule has 4 aromatic rings. The van der Waals surface area contributed by atoms with E-state index in [1.54, 1.807) is 19.1 Å². The van der Waals surface area contributed by atoms with E-state index in [-0.39, 0.29) is 6.61 Å². The van der Waals surface area contributed by atoms with Gasteiger partial charge in [-0.1, -0.05) is 5.16 Å². The van der Waals surface area contributed by atoms with Crippen LogP contribution in [-0.2, 0) is 4.74 Å². The van der Waals surface area contributed by atoms with E-state index >= 15 is 0 Å². The monoisotopic (exact) mass is 449 g/mol. The summed E-state index contributed by atoms with van der Waals surface area (Å²) < 4.78 is 24.4. The standard InChI is InChI=1S/C25H27N3O5/c1-6-30-21-12-17(25(29)32-8-3)13-22(31-7-2)24(21)28-10-9-19-20(28)11-18(14-26-19)23-15(4)27-33-16(23)5/h9-14H,6-8H2,1-5H3. The van der Waals surface area contributed by atoms with E-state index in [9.17, 15) is 4.79 Å². The Morgan fingerprint density at radius 2 is 1.73 bits per heavy atom. The van der Waals surface area contributed by atoms with Crippen LogP contribution in [0.4, 0.5) is 0 Å². The summed E-state index contributed by atoms with van der Waals surface area (Å²) in [5.74, 6) is 1.35. The van der Waals surface area contributed by atoms with Crippen LogP contribution in [0.25, 0.3) is 27.8 Å². The summed E-state index contributed by atoms with van der Waals surface area (Å²) in [6, 6.07) is 7.35. The van der Waals surface area contributed by atoms with Crippen LogP contribution in [0.1, 0.15) is 42.6 Å². The van der Waals surface area contributed by atoms with E-state index < -0.39 is 5.97 Å². The number of esters is 1. The topological polar surface area (TPSA) is 88.6 Å². The lowest BCUT2D eigenvalue weighted by atomic mass is 10.1. The van der Waals surface area contributed by atoms with E-state index in [2.05, 4.69) is 10.1 Å². The average Bonchev–Trinajstić information content (AvgIpc) is 3.36. The Morgan fingerprint density at radius 3 is 2.30 bits per heavy atom. The zero-order chi connectivity index (χ0) is 23.5. The predicted octanol–water partition coefficient (Wildman–Crippen LogP) is 5.27. The SMILES string of the molecule is CCOC(=O)c1cc(OCC)c(-n2ccc3ncc(-c4c(C)noc4C)cc32)c(OCC)c1. The summed E-state index contributed by atoms with van der Waals surface area (Å²) in [4.78, 5) is 17.1. The highest BCUT2D eigenvalue weighted by Gasteiger charge is 2.21. The lowest BCUT2D eigenvalue weighted by Crippen LogP contribution is -2.09. The van der Waals surface area contributed by atoms with Gasteiger partial charge < -0.3 is 23.3 Å². The van der Waals surface area contributed by atoms with Crippen LogP contribution in [0, 0.1) is 13.8 Å². The third-order valence-corrected chi connectivity index (χ3v) is 5.25. The van der Waals surface area contributed by atoms with E-state index in [0.717, 1.165) is 33.6 Å². The number of nitrogens with zero attached hydrogens (tertiary/aromatic N) is 3. The molecular weight excluding hydrogens is 422 g/mol. The second-order valence-corrected chi connectivity index (χ2v) is 7.42. The molecule has 3 heterocycles. The Kier molecular flexibility index (Phi) is 6.35. The minimum absolute atomic E-state index is 0.285. The Balaban J connectivity index is 1.94. The molecule has 0 bridgehead atoms. The fourth-order valence-electron chi connectivity index (χ4n) is 3.92. The number of ether oxygens (including phenoxy) is 3. The van der Waals surface area contributed by atoms with Crippen molar-refractivity contribution >= 4 is 17.0 Å². The number of aryl methyl sites for hydroxylation is 2. The molecule has 0 fully saturated rings. The fraction of sp³-hybridized carbons (Fsp3) is 0.320. The van der Waals surface area contributed by atoms with Gasteiger partial charge in [0.25, 0.3) is 0 Å². The van der Waals surface area contributed by atoms with Crippen LogP contribution in [0.15, 0.2) is 41.2 Å². The number of aromatic nitrogens is 3. The van der Waals surface area contributed by atoms with Crippen LogP contribution in [0.2, 0.25) is 0 Å². The summed E-state index contributed by atoms with van der Waals surface area (Å²) in [6.07, 6.45) is 3.73. The van der Waals surface area contributed by atoms with Crippen molar-refractivity contribution < 1.29 is 23.5 Å². The molecule has 0 aliphatic carbocycles. The van der Waals surface area contributed by atoms with Crippen LogP contribution >= 0.6 is 0 Å². The molecule has 8 nitrogen and oxygen atoms in total. The molecular formula is C25H27N3O5. The first-order valence-corrected chi connectivity index (χ1v) is 11.0. The highest BCUT2D eigenvalue weighted by Crippen LogP contribution is 2.38. The second-order valence-electron chi connectivity index (χ2n) is 7.42. The summed E-state index contributed by atoms with van der Waals surface area (Å²) >= 11 is 0. The molecule has 0 spiro atoms. The Hall–Kier alpha value is -3.81. The Morgan fingerprint density at radius 1 is 1.03 bits per heavy atom. The van der Waals surface area contributed by atoms with Crippen LogP contribution in [-0.4, -0.2) is 40.5 Å². The Bertz CT molecular complexity index is 1260. The van der Waals surface area contributed by atoms with Gasteiger partial charge in [0.2, 0.25) is 0 Å². The van der Waals surface area contributed by atoms with Crippen molar-refractivity contribution in [3.05, 3.63) is 53.7 Å². The highest BCUT2D eigenvalue weighted by molar-refractivity contribution is 5.92. The summed E-state index contributed by atoms with van der Waals surface area (Å²) in [6.45, 7) is 10.5. The normalized spacial score (nSPS) is 11.1. The van der Waals surface area contributed by atoms with Crippen molar-refractivity contribution in [2.45, 2.75) is 34.6 Å². The molecule has 1 aromatic carbocycles. The minimum Gasteiger partial charge on any atom is -0.492 e. The van der Waals surface area contributed by atoms with Gasteiger partial charge in [0.15, 0.2) is 0 Å². The molecule has 0 aliphatic rings. The molecule has 0 aliphatic heterocycles. The smallest absolute Gasteiger partial charge is 0.338 e. The zero-order valence-electron chi connectivity index (χ0n) is 19.5. The third-order valence-electron chi connectivity index (χ3n) is 5.25. The van der Waals surface area contributed by atoms with Gasteiger partial charge in [-0.05, 0) is 58.9 Å². The van der Waals surface area contributed by atoms with E-state index in [0.29, 0.717) is 36.0 Å². The van der Waals surface area contributed by atoms with Gasteiger partial charge in [-0.3, -0.25) is 4.98 Å². The van der Waals surface area contributed by atoms with Gasteiger partial charge in [-0.25, -0.2) is 4.79 Å². The number of fused-ring (bicyclic) bond motifs is 1. The maximum Gasteiger partial charge on any atom is 0.338 e. The van der Waals surface area contributed by atoms with Crippen molar-refractivity contribution in [3.8, 4) is 28.3 Å².